The summed E-state index contributed by atoms with van der Waals surface area (Å²) in [5, 5.41) is 0. The van der Waals surface area contributed by atoms with Gasteiger partial charge < -0.3 is 14.2 Å². The summed E-state index contributed by atoms with van der Waals surface area (Å²) in [7, 11) is 4.51. The number of ketones is 1. The molecular weight excluding hydrogens is 320 g/mol. The number of ether oxygens (including phenoxy) is 3. The highest BCUT2D eigenvalue weighted by atomic mass is 16.5. The van der Waals surface area contributed by atoms with Crippen molar-refractivity contribution in [3.05, 3.63) is 59.2 Å². The Morgan fingerprint density at radius 1 is 0.880 bits per heavy atom. The number of methoxy groups -OCH3 is 3. The summed E-state index contributed by atoms with van der Waals surface area (Å²) >= 11 is 0. The second kappa shape index (κ2) is 8.15. The minimum Gasteiger partial charge on any atom is -0.493 e. The molecule has 0 bridgehead atoms. The third-order valence-corrected chi connectivity index (χ3v) is 3.80. The quantitative estimate of drug-likeness (QED) is 0.436. The van der Waals surface area contributed by atoms with E-state index < -0.39 is 0 Å². The maximum Gasteiger partial charge on any atom is 0.203 e. The van der Waals surface area contributed by atoms with E-state index >= 15 is 0 Å². The number of aldehydes is 1. The summed E-state index contributed by atoms with van der Waals surface area (Å²) < 4.78 is 15.8. The van der Waals surface area contributed by atoms with Crippen LogP contribution in [0.3, 0.4) is 0 Å². The summed E-state index contributed by atoms with van der Waals surface area (Å²) in [6.07, 6.45) is 2.32. The lowest BCUT2D eigenvalue weighted by Gasteiger charge is -2.13. The Hall–Kier alpha value is -3.08. The van der Waals surface area contributed by atoms with Crippen LogP contribution in [0.4, 0.5) is 0 Å². The Balaban J connectivity index is 2.37. The van der Waals surface area contributed by atoms with Crippen LogP contribution in [0.25, 0.3) is 5.57 Å². The predicted molar refractivity (Wildman–Crippen MR) is 95.9 cm³/mol. The van der Waals surface area contributed by atoms with Gasteiger partial charge in [0.15, 0.2) is 17.3 Å². The molecule has 0 saturated heterocycles. The third kappa shape index (κ3) is 4.07. The van der Waals surface area contributed by atoms with Crippen LogP contribution >= 0.6 is 0 Å². The van der Waals surface area contributed by atoms with E-state index in [0.717, 1.165) is 17.4 Å². The van der Waals surface area contributed by atoms with Gasteiger partial charge in [0, 0.05) is 11.1 Å². The molecule has 5 nitrogen and oxygen atoms in total. The minimum absolute atomic E-state index is 0.184. The van der Waals surface area contributed by atoms with Gasteiger partial charge in [0.25, 0.3) is 0 Å². The Kier molecular flexibility index (Phi) is 5.95. The molecule has 130 valence electrons. The van der Waals surface area contributed by atoms with Gasteiger partial charge in [0.05, 0.1) is 21.3 Å². The molecule has 5 heteroatoms. The molecular formula is C20H20O5. The van der Waals surface area contributed by atoms with Gasteiger partial charge in [-0.05, 0) is 36.3 Å². The second-order valence-electron chi connectivity index (χ2n) is 5.35. The summed E-state index contributed by atoms with van der Waals surface area (Å²) in [4.78, 5) is 23.3. The van der Waals surface area contributed by atoms with Gasteiger partial charge in [0.1, 0.15) is 6.29 Å². The fourth-order valence-corrected chi connectivity index (χ4v) is 2.41. The average molecular weight is 340 g/mol. The van der Waals surface area contributed by atoms with E-state index in [2.05, 4.69) is 0 Å². The lowest BCUT2D eigenvalue weighted by atomic mass is 10.0. The number of carbonyl (C=O) groups excluding carboxylic acids is 2. The van der Waals surface area contributed by atoms with E-state index in [1.807, 2.05) is 6.92 Å². The van der Waals surface area contributed by atoms with Crippen molar-refractivity contribution in [3.8, 4) is 17.2 Å². The molecule has 2 aromatic carbocycles. The molecule has 0 amide bonds. The van der Waals surface area contributed by atoms with Gasteiger partial charge in [-0.3, -0.25) is 9.59 Å². The number of rotatable bonds is 7. The first-order chi connectivity index (χ1) is 12.0. The van der Waals surface area contributed by atoms with Gasteiger partial charge >= 0.3 is 0 Å². The van der Waals surface area contributed by atoms with Gasteiger partial charge in [-0.15, -0.1) is 0 Å². The molecule has 0 aliphatic rings. The van der Waals surface area contributed by atoms with Crippen molar-refractivity contribution in [1.29, 1.82) is 0 Å². The summed E-state index contributed by atoms with van der Waals surface area (Å²) in [6, 6.07) is 10.3. The SMILES string of the molecule is COc1cc(C(=O)C=C(C)c2ccc(C=O)cc2)cc(OC)c1OC. The van der Waals surface area contributed by atoms with Crippen LogP contribution in [0.2, 0.25) is 0 Å². The first-order valence-corrected chi connectivity index (χ1v) is 7.62. The van der Waals surface area contributed by atoms with Crippen LogP contribution in [-0.2, 0) is 0 Å². The van der Waals surface area contributed by atoms with E-state index in [1.54, 1.807) is 36.4 Å². The molecule has 0 fully saturated rings. The van der Waals surface area contributed by atoms with Crippen LogP contribution < -0.4 is 14.2 Å². The maximum atomic E-state index is 12.6. The van der Waals surface area contributed by atoms with Crippen LogP contribution in [-0.4, -0.2) is 33.4 Å². The first kappa shape index (κ1) is 18.3. The van der Waals surface area contributed by atoms with Gasteiger partial charge in [-0.25, -0.2) is 0 Å². The molecule has 0 radical (unpaired) electrons. The molecule has 0 N–H and O–H groups in total. The normalized spacial score (nSPS) is 11.0. The minimum atomic E-state index is -0.184. The molecule has 0 aliphatic heterocycles. The maximum absolute atomic E-state index is 12.6. The predicted octanol–water partition coefficient (Wildman–Crippen LogP) is 3.81. The van der Waals surface area contributed by atoms with E-state index in [-0.39, 0.29) is 5.78 Å². The molecule has 0 heterocycles. The van der Waals surface area contributed by atoms with E-state index in [0.29, 0.717) is 28.4 Å². The molecule has 0 spiro atoms. The topological polar surface area (TPSA) is 61.8 Å². The molecule has 2 aromatic rings. The smallest absolute Gasteiger partial charge is 0.203 e. The standard InChI is InChI=1S/C20H20O5/c1-13(15-7-5-14(12-21)6-8-15)9-17(22)16-10-18(23-2)20(25-4)19(11-16)24-3/h5-12H,1-4H3. The molecule has 0 atom stereocenters. The lowest BCUT2D eigenvalue weighted by Crippen LogP contribution is -2.01. The Labute approximate surface area is 146 Å². The zero-order valence-corrected chi connectivity index (χ0v) is 14.7. The highest BCUT2D eigenvalue weighted by molar-refractivity contribution is 6.09. The lowest BCUT2D eigenvalue weighted by molar-refractivity contribution is 0.104. The Bertz CT molecular complexity index is 778. The van der Waals surface area contributed by atoms with Gasteiger partial charge in [-0.1, -0.05) is 24.3 Å². The zero-order valence-electron chi connectivity index (χ0n) is 14.7. The highest BCUT2D eigenvalue weighted by Crippen LogP contribution is 2.38. The Morgan fingerprint density at radius 3 is 1.88 bits per heavy atom. The zero-order chi connectivity index (χ0) is 18.4. The van der Waals surface area contributed by atoms with Gasteiger partial charge in [0.2, 0.25) is 5.75 Å². The number of carbonyl (C=O) groups is 2. The number of allylic oxidation sites excluding steroid dienone is 2. The molecule has 0 unspecified atom stereocenters. The summed E-state index contributed by atoms with van der Waals surface area (Å²) in [6.45, 7) is 1.84. The van der Waals surface area contributed by atoms with Gasteiger partial charge in [-0.2, -0.15) is 0 Å². The summed E-state index contributed by atoms with van der Waals surface area (Å²) in [5.74, 6) is 1.10. The molecule has 0 saturated carbocycles. The van der Waals surface area contributed by atoms with E-state index in [1.165, 1.54) is 27.4 Å². The van der Waals surface area contributed by atoms with Crippen molar-refractivity contribution in [3.63, 3.8) is 0 Å². The molecule has 0 aliphatic carbocycles. The first-order valence-electron chi connectivity index (χ1n) is 7.62. The van der Waals surface area contributed by atoms with Crippen molar-refractivity contribution in [2.24, 2.45) is 0 Å². The average Bonchev–Trinajstić information content (AvgIpc) is 2.66. The molecule has 25 heavy (non-hydrogen) atoms. The van der Waals surface area contributed by atoms with E-state index in [9.17, 15) is 9.59 Å². The van der Waals surface area contributed by atoms with Crippen molar-refractivity contribution in [2.45, 2.75) is 6.92 Å². The summed E-state index contributed by atoms with van der Waals surface area (Å²) in [5.41, 5.74) is 2.67. The Morgan fingerprint density at radius 2 is 1.44 bits per heavy atom. The van der Waals surface area contributed by atoms with Crippen molar-refractivity contribution in [2.75, 3.05) is 21.3 Å². The fraction of sp³-hybridized carbons (Fsp3) is 0.200. The second-order valence-corrected chi connectivity index (χ2v) is 5.35. The number of hydrogen-bond acceptors (Lipinski definition) is 5. The van der Waals surface area contributed by atoms with Crippen LogP contribution in [0.5, 0.6) is 17.2 Å². The monoisotopic (exact) mass is 340 g/mol. The molecule has 2 rings (SSSR count). The third-order valence-electron chi connectivity index (χ3n) is 3.80. The van der Waals surface area contributed by atoms with Crippen molar-refractivity contribution in [1.82, 2.24) is 0 Å². The molecule has 0 aromatic heterocycles. The van der Waals surface area contributed by atoms with Crippen molar-refractivity contribution >= 4 is 17.6 Å². The largest absolute Gasteiger partial charge is 0.493 e. The van der Waals surface area contributed by atoms with Crippen LogP contribution in [0.1, 0.15) is 33.2 Å². The fourth-order valence-electron chi connectivity index (χ4n) is 2.41. The number of benzene rings is 2. The van der Waals surface area contributed by atoms with Crippen LogP contribution in [0.15, 0.2) is 42.5 Å². The van der Waals surface area contributed by atoms with Crippen molar-refractivity contribution < 1.29 is 23.8 Å². The van der Waals surface area contributed by atoms with E-state index in [4.69, 9.17) is 14.2 Å². The number of hydrogen-bond donors (Lipinski definition) is 0. The van der Waals surface area contributed by atoms with Crippen LogP contribution in [0, 0.1) is 0 Å². The highest BCUT2D eigenvalue weighted by Gasteiger charge is 2.16.